The highest BCUT2D eigenvalue weighted by molar-refractivity contribution is 14.1. The molecule has 1 heterocycles. The van der Waals surface area contributed by atoms with E-state index in [1.807, 2.05) is 22.6 Å². The highest BCUT2D eigenvalue weighted by Gasteiger charge is 2.14. The Balaban J connectivity index is 2.08. The maximum absolute atomic E-state index is 11.0. The number of aliphatic carboxylic acids is 1. The lowest BCUT2D eigenvalue weighted by molar-refractivity contribution is -0.384. The normalized spacial score (nSPS) is 10.3. The second-order valence-electron chi connectivity index (χ2n) is 4.07. The van der Waals surface area contributed by atoms with E-state index in [0.29, 0.717) is 11.4 Å². The van der Waals surface area contributed by atoms with Crippen LogP contribution in [-0.2, 0) is 17.9 Å². The molecule has 0 spiro atoms. The molecule has 21 heavy (non-hydrogen) atoms. The summed E-state index contributed by atoms with van der Waals surface area (Å²) in [4.78, 5) is 21.0. The van der Waals surface area contributed by atoms with Crippen molar-refractivity contribution >= 4 is 39.9 Å². The fraction of sp³-hybridized carbons (Fsp3) is 0.182. The molecule has 0 aliphatic carbocycles. The minimum Gasteiger partial charge on any atom is -0.480 e. The fourth-order valence-corrected chi connectivity index (χ4v) is 2.10. The van der Waals surface area contributed by atoms with Crippen molar-refractivity contribution in [2.45, 2.75) is 13.1 Å². The number of halogens is 1. The molecule has 1 aromatic carbocycles. The standard InChI is InChI=1S/C11H10IN5O4/c12-7-1-2-9(10(3-7)17(20)21)13-4-8-5-16(15-14-8)6-11(18)19/h1-3,5,13H,4,6H2,(H,18,19). The average molecular weight is 403 g/mol. The third kappa shape index (κ3) is 4.11. The largest absolute Gasteiger partial charge is 0.480 e. The molecule has 0 unspecified atom stereocenters. The quantitative estimate of drug-likeness (QED) is 0.426. The van der Waals surface area contributed by atoms with Gasteiger partial charge in [-0.1, -0.05) is 5.21 Å². The number of rotatable bonds is 6. The summed E-state index contributed by atoms with van der Waals surface area (Å²) < 4.78 is 1.94. The zero-order valence-corrected chi connectivity index (χ0v) is 12.7. The molecule has 0 amide bonds. The molecule has 0 aliphatic heterocycles. The Kier molecular flexibility index (Phi) is 4.67. The number of nitrogens with one attached hydrogen (secondary N) is 1. The van der Waals surface area contributed by atoms with Gasteiger partial charge in [-0.25, -0.2) is 4.68 Å². The van der Waals surface area contributed by atoms with Gasteiger partial charge >= 0.3 is 5.97 Å². The van der Waals surface area contributed by atoms with Gasteiger partial charge in [0.2, 0.25) is 0 Å². The Morgan fingerprint density at radius 1 is 1.52 bits per heavy atom. The first kappa shape index (κ1) is 15.2. The zero-order valence-electron chi connectivity index (χ0n) is 10.6. The van der Waals surface area contributed by atoms with E-state index in [0.717, 1.165) is 3.57 Å². The number of nitro groups is 1. The fourth-order valence-electron chi connectivity index (χ4n) is 1.63. The highest BCUT2D eigenvalue weighted by Crippen LogP contribution is 2.26. The van der Waals surface area contributed by atoms with Gasteiger partial charge in [-0.15, -0.1) is 5.10 Å². The Hall–Kier alpha value is -2.24. The summed E-state index contributed by atoms with van der Waals surface area (Å²) in [6.07, 6.45) is 1.47. The van der Waals surface area contributed by atoms with Gasteiger partial charge in [0.1, 0.15) is 17.9 Å². The molecule has 0 bridgehead atoms. The van der Waals surface area contributed by atoms with Crippen molar-refractivity contribution in [2.24, 2.45) is 0 Å². The maximum Gasteiger partial charge on any atom is 0.325 e. The summed E-state index contributed by atoms with van der Waals surface area (Å²) in [6.45, 7) is -0.0717. The van der Waals surface area contributed by atoms with Crippen molar-refractivity contribution in [1.82, 2.24) is 15.0 Å². The molecule has 0 saturated carbocycles. The third-order valence-corrected chi connectivity index (χ3v) is 3.17. The van der Waals surface area contributed by atoms with Gasteiger partial charge < -0.3 is 10.4 Å². The van der Waals surface area contributed by atoms with Crippen molar-refractivity contribution in [3.05, 3.63) is 43.8 Å². The van der Waals surface area contributed by atoms with E-state index in [-0.39, 0.29) is 18.8 Å². The lowest BCUT2D eigenvalue weighted by Crippen LogP contribution is -2.09. The van der Waals surface area contributed by atoms with Crippen LogP contribution in [0.4, 0.5) is 11.4 Å². The lowest BCUT2D eigenvalue weighted by atomic mass is 10.2. The van der Waals surface area contributed by atoms with Crippen LogP contribution in [0.3, 0.4) is 0 Å². The Morgan fingerprint density at radius 2 is 2.29 bits per heavy atom. The topological polar surface area (TPSA) is 123 Å². The van der Waals surface area contributed by atoms with E-state index in [1.54, 1.807) is 12.1 Å². The van der Waals surface area contributed by atoms with Crippen molar-refractivity contribution < 1.29 is 14.8 Å². The Bertz CT molecular complexity index is 687. The van der Waals surface area contributed by atoms with E-state index in [1.165, 1.54) is 16.9 Å². The number of anilines is 1. The number of carboxylic acid groups (broad SMARTS) is 1. The summed E-state index contributed by atoms with van der Waals surface area (Å²) in [6, 6.07) is 4.82. The van der Waals surface area contributed by atoms with Crippen LogP contribution in [-0.4, -0.2) is 31.0 Å². The molecule has 0 fully saturated rings. The second-order valence-corrected chi connectivity index (χ2v) is 5.32. The summed E-state index contributed by atoms with van der Waals surface area (Å²) in [7, 11) is 0. The van der Waals surface area contributed by atoms with Crippen LogP contribution >= 0.6 is 22.6 Å². The Morgan fingerprint density at radius 3 is 2.95 bits per heavy atom. The zero-order chi connectivity index (χ0) is 15.4. The summed E-state index contributed by atoms with van der Waals surface area (Å²) in [5.41, 5.74) is 0.831. The van der Waals surface area contributed by atoms with E-state index in [4.69, 9.17) is 5.11 Å². The van der Waals surface area contributed by atoms with E-state index in [9.17, 15) is 14.9 Å². The predicted molar refractivity (Wildman–Crippen MR) is 80.8 cm³/mol. The van der Waals surface area contributed by atoms with Crippen LogP contribution in [0.15, 0.2) is 24.4 Å². The van der Waals surface area contributed by atoms with Crippen molar-refractivity contribution in [1.29, 1.82) is 0 Å². The summed E-state index contributed by atoms with van der Waals surface area (Å²) in [5, 5.41) is 29.9. The molecule has 9 nitrogen and oxygen atoms in total. The minimum atomic E-state index is -1.02. The summed E-state index contributed by atoms with van der Waals surface area (Å²) >= 11 is 2.00. The van der Waals surface area contributed by atoms with Crippen molar-refractivity contribution in [3.63, 3.8) is 0 Å². The first-order chi connectivity index (χ1) is 9.95. The molecule has 2 rings (SSSR count). The lowest BCUT2D eigenvalue weighted by Gasteiger charge is -2.05. The molecule has 0 aliphatic rings. The maximum atomic E-state index is 11.0. The Labute approximate surface area is 132 Å². The smallest absolute Gasteiger partial charge is 0.325 e. The van der Waals surface area contributed by atoms with Crippen molar-refractivity contribution in [2.75, 3.05) is 5.32 Å². The number of hydrogen-bond acceptors (Lipinski definition) is 6. The molecule has 2 aromatic rings. The van der Waals surface area contributed by atoms with Crippen molar-refractivity contribution in [3.8, 4) is 0 Å². The van der Waals surface area contributed by atoms with Crippen LogP contribution in [0.1, 0.15) is 5.69 Å². The van der Waals surface area contributed by atoms with Gasteiger partial charge in [0, 0.05) is 9.64 Å². The van der Waals surface area contributed by atoms with Crippen LogP contribution in [0.2, 0.25) is 0 Å². The molecular weight excluding hydrogens is 393 g/mol. The molecule has 2 N–H and O–H groups in total. The molecule has 110 valence electrons. The van der Waals surface area contributed by atoms with Crippen LogP contribution < -0.4 is 5.32 Å². The van der Waals surface area contributed by atoms with Crippen LogP contribution in [0, 0.1) is 13.7 Å². The van der Waals surface area contributed by atoms with Gasteiger partial charge in [0.25, 0.3) is 5.69 Å². The number of carboxylic acids is 1. The number of benzene rings is 1. The number of carbonyl (C=O) groups is 1. The molecule has 1 aromatic heterocycles. The number of aromatic nitrogens is 3. The van der Waals surface area contributed by atoms with Crippen LogP contribution in [0.5, 0.6) is 0 Å². The number of nitrogens with zero attached hydrogens (tertiary/aromatic N) is 4. The van der Waals surface area contributed by atoms with E-state index in [2.05, 4.69) is 15.6 Å². The SMILES string of the molecule is O=C(O)Cn1cc(CNc2ccc(I)cc2[N+](=O)[O-])nn1. The van der Waals surface area contributed by atoms with Gasteiger partial charge in [-0.05, 0) is 34.7 Å². The molecule has 0 radical (unpaired) electrons. The highest BCUT2D eigenvalue weighted by atomic mass is 127. The second kappa shape index (κ2) is 6.47. The van der Waals surface area contributed by atoms with Crippen LogP contribution in [0.25, 0.3) is 0 Å². The first-order valence-corrected chi connectivity index (χ1v) is 6.82. The average Bonchev–Trinajstić information content (AvgIpc) is 2.83. The summed E-state index contributed by atoms with van der Waals surface area (Å²) in [5.74, 6) is -1.02. The molecule has 0 saturated heterocycles. The molecule has 10 heteroatoms. The van der Waals surface area contributed by atoms with E-state index >= 15 is 0 Å². The van der Waals surface area contributed by atoms with E-state index < -0.39 is 10.9 Å². The minimum absolute atomic E-state index is 0.0279. The molecule has 0 atom stereocenters. The van der Waals surface area contributed by atoms with Gasteiger partial charge in [-0.3, -0.25) is 14.9 Å². The predicted octanol–water partition coefficient (Wildman–Crippen LogP) is 1.49. The third-order valence-electron chi connectivity index (χ3n) is 2.50. The van der Waals surface area contributed by atoms with Gasteiger partial charge in [0.05, 0.1) is 17.7 Å². The number of nitro benzene ring substituents is 1. The first-order valence-electron chi connectivity index (χ1n) is 5.74. The molecular formula is C11H10IN5O4. The van der Waals surface area contributed by atoms with Gasteiger partial charge in [-0.2, -0.15) is 0 Å². The van der Waals surface area contributed by atoms with Gasteiger partial charge in [0.15, 0.2) is 0 Å². The monoisotopic (exact) mass is 403 g/mol. The number of hydrogen-bond donors (Lipinski definition) is 2.